The van der Waals surface area contributed by atoms with Crippen molar-refractivity contribution in [1.29, 1.82) is 0 Å². The van der Waals surface area contributed by atoms with Crippen LogP contribution in [0.2, 0.25) is 0 Å². The fourth-order valence-electron chi connectivity index (χ4n) is 1.89. The van der Waals surface area contributed by atoms with Gasteiger partial charge >= 0.3 is 0 Å². The van der Waals surface area contributed by atoms with E-state index in [4.69, 9.17) is 4.74 Å². The van der Waals surface area contributed by atoms with Crippen LogP contribution in [0.1, 0.15) is 23.7 Å². The molecule has 2 unspecified atom stereocenters. The smallest absolute Gasteiger partial charge is 0.168 e. The molecule has 0 N–H and O–H groups in total. The van der Waals surface area contributed by atoms with E-state index < -0.39 is 0 Å². The van der Waals surface area contributed by atoms with Crippen molar-refractivity contribution in [3.63, 3.8) is 0 Å². The molecular weight excluding hydrogens is 176 g/mol. The summed E-state index contributed by atoms with van der Waals surface area (Å²) in [6.07, 6.45) is 0.928. The zero-order valence-corrected chi connectivity index (χ0v) is 8.27. The van der Waals surface area contributed by atoms with Gasteiger partial charge in [0.1, 0.15) is 0 Å². The van der Waals surface area contributed by atoms with Gasteiger partial charge in [-0.15, -0.1) is 0 Å². The lowest BCUT2D eigenvalue weighted by atomic mass is 9.92. The van der Waals surface area contributed by atoms with E-state index in [1.807, 2.05) is 37.3 Å². The normalized spacial score (nSPS) is 26.4. The number of carbonyl (C=O) groups is 1. The average Bonchev–Trinajstić information content (AvgIpc) is 2.65. The van der Waals surface area contributed by atoms with Crippen molar-refractivity contribution in [2.45, 2.75) is 19.4 Å². The molecule has 2 atom stereocenters. The molecule has 1 saturated heterocycles. The van der Waals surface area contributed by atoms with Gasteiger partial charge in [0, 0.05) is 12.2 Å². The standard InChI is InChI=1S/C12H14O2/c1-9-11(7-8-14-9)12(13)10-5-3-2-4-6-10/h2-6,9,11H,7-8H2,1H3. The van der Waals surface area contributed by atoms with E-state index in [1.54, 1.807) is 0 Å². The molecule has 1 aliphatic heterocycles. The second-order valence-corrected chi connectivity index (χ2v) is 3.70. The van der Waals surface area contributed by atoms with Crippen molar-refractivity contribution in [2.24, 2.45) is 5.92 Å². The molecule has 1 aromatic rings. The van der Waals surface area contributed by atoms with Crippen LogP contribution in [0.4, 0.5) is 0 Å². The Morgan fingerprint density at radius 2 is 2.07 bits per heavy atom. The summed E-state index contributed by atoms with van der Waals surface area (Å²) in [5, 5.41) is 0. The monoisotopic (exact) mass is 190 g/mol. The molecule has 14 heavy (non-hydrogen) atoms. The molecule has 0 spiro atoms. The molecule has 0 bridgehead atoms. The molecule has 0 aromatic heterocycles. The van der Waals surface area contributed by atoms with Gasteiger partial charge in [-0.05, 0) is 13.3 Å². The first-order valence-electron chi connectivity index (χ1n) is 5.00. The predicted octanol–water partition coefficient (Wildman–Crippen LogP) is 2.29. The number of carbonyl (C=O) groups excluding carboxylic acids is 1. The molecule has 0 radical (unpaired) electrons. The zero-order chi connectivity index (χ0) is 9.97. The molecule has 0 amide bonds. The van der Waals surface area contributed by atoms with Crippen LogP contribution in [0.3, 0.4) is 0 Å². The minimum absolute atomic E-state index is 0.0531. The Bertz CT molecular complexity index is 318. The summed E-state index contributed by atoms with van der Waals surface area (Å²) < 4.78 is 5.39. The predicted molar refractivity (Wildman–Crippen MR) is 54.3 cm³/mol. The molecule has 1 fully saturated rings. The van der Waals surface area contributed by atoms with Crippen LogP contribution >= 0.6 is 0 Å². The summed E-state index contributed by atoms with van der Waals surface area (Å²) in [5.41, 5.74) is 0.801. The highest BCUT2D eigenvalue weighted by Crippen LogP contribution is 2.24. The molecule has 2 heteroatoms. The number of hydrogen-bond acceptors (Lipinski definition) is 2. The number of benzene rings is 1. The van der Waals surface area contributed by atoms with Gasteiger partial charge in [0.2, 0.25) is 0 Å². The van der Waals surface area contributed by atoms with Crippen molar-refractivity contribution in [3.05, 3.63) is 35.9 Å². The zero-order valence-electron chi connectivity index (χ0n) is 8.27. The molecule has 0 aliphatic carbocycles. The number of Topliss-reactive ketones (excluding diaryl/α,β-unsaturated/α-hetero) is 1. The molecule has 2 nitrogen and oxygen atoms in total. The van der Waals surface area contributed by atoms with Crippen molar-refractivity contribution < 1.29 is 9.53 Å². The quantitative estimate of drug-likeness (QED) is 0.669. The summed E-state index contributed by atoms with van der Waals surface area (Å²) in [6, 6.07) is 9.45. The minimum Gasteiger partial charge on any atom is -0.378 e. The maximum atomic E-state index is 12.0. The summed E-state index contributed by atoms with van der Waals surface area (Å²) in [7, 11) is 0. The van der Waals surface area contributed by atoms with E-state index in [-0.39, 0.29) is 17.8 Å². The lowest BCUT2D eigenvalue weighted by Gasteiger charge is -2.12. The third-order valence-corrected chi connectivity index (χ3v) is 2.77. The highest BCUT2D eigenvalue weighted by molar-refractivity contribution is 5.98. The van der Waals surface area contributed by atoms with Gasteiger partial charge in [-0.3, -0.25) is 4.79 Å². The van der Waals surface area contributed by atoms with Crippen molar-refractivity contribution in [3.8, 4) is 0 Å². The average molecular weight is 190 g/mol. The van der Waals surface area contributed by atoms with E-state index >= 15 is 0 Å². The fourth-order valence-corrected chi connectivity index (χ4v) is 1.89. The van der Waals surface area contributed by atoms with Crippen molar-refractivity contribution in [1.82, 2.24) is 0 Å². The third-order valence-electron chi connectivity index (χ3n) is 2.77. The largest absolute Gasteiger partial charge is 0.378 e. The topological polar surface area (TPSA) is 26.3 Å². The SMILES string of the molecule is CC1OCCC1C(=O)c1ccccc1. The van der Waals surface area contributed by atoms with Crippen molar-refractivity contribution >= 4 is 5.78 Å². The summed E-state index contributed by atoms with van der Waals surface area (Å²) in [6.45, 7) is 2.68. The maximum absolute atomic E-state index is 12.0. The Morgan fingerprint density at radius 1 is 1.36 bits per heavy atom. The molecule has 74 valence electrons. The Balaban J connectivity index is 2.16. The van der Waals surface area contributed by atoms with Gasteiger partial charge in [-0.1, -0.05) is 30.3 Å². The van der Waals surface area contributed by atoms with Crippen LogP contribution in [0.5, 0.6) is 0 Å². The second-order valence-electron chi connectivity index (χ2n) is 3.70. The van der Waals surface area contributed by atoms with Crippen molar-refractivity contribution in [2.75, 3.05) is 6.61 Å². The van der Waals surface area contributed by atoms with Gasteiger partial charge in [0.05, 0.1) is 12.0 Å². The minimum atomic E-state index is 0.0531. The van der Waals surface area contributed by atoms with Gasteiger partial charge in [-0.2, -0.15) is 0 Å². The Hall–Kier alpha value is -1.15. The molecular formula is C12H14O2. The Morgan fingerprint density at radius 3 is 2.64 bits per heavy atom. The fraction of sp³-hybridized carbons (Fsp3) is 0.417. The first kappa shape index (κ1) is 9.41. The number of rotatable bonds is 2. The molecule has 1 heterocycles. The van der Waals surface area contributed by atoms with E-state index in [1.165, 1.54) is 0 Å². The molecule has 1 aromatic carbocycles. The van der Waals surface area contributed by atoms with E-state index in [0.29, 0.717) is 6.61 Å². The summed E-state index contributed by atoms with van der Waals surface area (Å²) in [5.74, 6) is 0.271. The Kier molecular flexibility index (Phi) is 2.64. The first-order chi connectivity index (χ1) is 6.79. The summed E-state index contributed by atoms with van der Waals surface area (Å²) >= 11 is 0. The van der Waals surface area contributed by atoms with E-state index in [0.717, 1.165) is 12.0 Å². The van der Waals surface area contributed by atoms with E-state index in [9.17, 15) is 4.79 Å². The van der Waals surface area contributed by atoms with Crippen LogP contribution in [0, 0.1) is 5.92 Å². The van der Waals surface area contributed by atoms with Gasteiger partial charge in [0.15, 0.2) is 5.78 Å². The number of ketones is 1. The van der Waals surface area contributed by atoms with E-state index in [2.05, 4.69) is 0 Å². The van der Waals surface area contributed by atoms with Crippen LogP contribution in [0.15, 0.2) is 30.3 Å². The van der Waals surface area contributed by atoms with Gasteiger partial charge < -0.3 is 4.74 Å². The first-order valence-corrected chi connectivity index (χ1v) is 5.00. The van der Waals surface area contributed by atoms with Crippen LogP contribution in [0.25, 0.3) is 0 Å². The summed E-state index contributed by atoms with van der Waals surface area (Å²) in [4.78, 5) is 12.0. The third kappa shape index (κ3) is 1.70. The van der Waals surface area contributed by atoms with Gasteiger partial charge in [-0.25, -0.2) is 0 Å². The second kappa shape index (κ2) is 3.93. The lowest BCUT2D eigenvalue weighted by Crippen LogP contribution is -2.21. The molecule has 1 aliphatic rings. The molecule has 2 rings (SSSR count). The molecule has 0 saturated carbocycles. The van der Waals surface area contributed by atoms with Crippen LogP contribution < -0.4 is 0 Å². The Labute approximate surface area is 83.9 Å². The highest BCUT2D eigenvalue weighted by atomic mass is 16.5. The highest BCUT2D eigenvalue weighted by Gasteiger charge is 2.30. The van der Waals surface area contributed by atoms with Crippen LogP contribution in [-0.2, 0) is 4.74 Å². The number of ether oxygens (including phenoxy) is 1. The van der Waals surface area contributed by atoms with Crippen LogP contribution in [-0.4, -0.2) is 18.5 Å². The number of hydrogen-bond donors (Lipinski definition) is 0. The maximum Gasteiger partial charge on any atom is 0.168 e. The lowest BCUT2D eigenvalue weighted by molar-refractivity contribution is 0.0764. The van der Waals surface area contributed by atoms with Gasteiger partial charge in [0.25, 0.3) is 0 Å².